The lowest BCUT2D eigenvalue weighted by Crippen LogP contribution is -2.53. The fourth-order valence-corrected chi connectivity index (χ4v) is 3.38. The average Bonchev–Trinajstić information content (AvgIpc) is 2.66. The number of rotatable bonds is 7. The summed E-state index contributed by atoms with van der Waals surface area (Å²) in [5, 5.41) is 3.04. The van der Waals surface area contributed by atoms with E-state index in [1.165, 1.54) is 18.3 Å². The molecule has 1 aromatic carbocycles. The van der Waals surface area contributed by atoms with Crippen LogP contribution in [0.1, 0.15) is 57.1 Å². The van der Waals surface area contributed by atoms with Crippen LogP contribution in [0.5, 0.6) is 5.75 Å². The van der Waals surface area contributed by atoms with Gasteiger partial charge in [-0.3, -0.25) is 0 Å². The first-order valence-electron chi connectivity index (χ1n) is 10.7. The first-order chi connectivity index (χ1) is 15.4. The number of nitrogens with zero attached hydrogens (tertiary/aromatic N) is 3. The number of carbonyl (C=O) groups excluding carboxylic acids is 1. The minimum absolute atomic E-state index is 0.0991. The van der Waals surface area contributed by atoms with Gasteiger partial charge in [0.1, 0.15) is 17.2 Å². The molecule has 1 N–H and O–H groups in total. The summed E-state index contributed by atoms with van der Waals surface area (Å²) in [6, 6.07) is 3.27. The smallest absolute Gasteiger partial charge is 0.410 e. The van der Waals surface area contributed by atoms with Gasteiger partial charge < -0.3 is 19.7 Å². The number of carbonyl (C=O) groups is 1. The summed E-state index contributed by atoms with van der Waals surface area (Å²) in [5.74, 6) is 0.328. The van der Waals surface area contributed by atoms with E-state index in [9.17, 15) is 18.0 Å². The molecular formula is C23H29F3N4O3. The fraction of sp³-hybridized carbons (Fsp3) is 0.522. The number of ether oxygens (including phenoxy) is 2. The van der Waals surface area contributed by atoms with Crippen molar-refractivity contribution < 1.29 is 27.4 Å². The van der Waals surface area contributed by atoms with Crippen LogP contribution in [-0.4, -0.2) is 46.3 Å². The molecule has 1 aliphatic rings. The number of hydrogen-bond acceptors (Lipinski definition) is 6. The topological polar surface area (TPSA) is 76.6 Å². The van der Waals surface area contributed by atoms with Crippen LogP contribution in [0.15, 0.2) is 24.4 Å². The molecule has 0 radical (unpaired) electrons. The summed E-state index contributed by atoms with van der Waals surface area (Å²) in [6.07, 6.45) is -1.75. The monoisotopic (exact) mass is 466 g/mol. The highest BCUT2D eigenvalue weighted by Gasteiger charge is 2.34. The SMILES string of the molecule is Cc1ncc(OCC2CN(C(=O)OC(C)(C)C)C2)c(N[C@H](C)c2cccc(C(F)F)c2F)n1. The Morgan fingerprint density at radius 1 is 1.27 bits per heavy atom. The second kappa shape index (κ2) is 9.84. The number of anilines is 1. The van der Waals surface area contributed by atoms with Crippen molar-refractivity contribution in [2.24, 2.45) is 5.92 Å². The highest BCUT2D eigenvalue weighted by molar-refractivity contribution is 5.69. The van der Waals surface area contributed by atoms with E-state index in [1.807, 2.05) is 20.8 Å². The first kappa shape index (κ1) is 24.6. The maximum absolute atomic E-state index is 14.5. The van der Waals surface area contributed by atoms with Crippen LogP contribution in [0.25, 0.3) is 0 Å². The third-order valence-electron chi connectivity index (χ3n) is 5.07. The zero-order chi connectivity index (χ0) is 24.3. The molecule has 0 bridgehead atoms. The molecule has 0 spiro atoms. The minimum atomic E-state index is -2.90. The number of aromatic nitrogens is 2. The first-order valence-corrected chi connectivity index (χ1v) is 10.7. The van der Waals surface area contributed by atoms with Crippen LogP contribution < -0.4 is 10.1 Å². The average molecular weight is 467 g/mol. The predicted octanol–water partition coefficient (Wildman–Crippen LogP) is 5.28. The van der Waals surface area contributed by atoms with Gasteiger partial charge in [-0.2, -0.15) is 0 Å². The van der Waals surface area contributed by atoms with E-state index in [0.29, 0.717) is 37.1 Å². The number of likely N-dealkylation sites (tertiary alicyclic amines) is 1. The normalized spacial score (nSPS) is 15.2. The number of nitrogens with one attached hydrogen (secondary N) is 1. The molecule has 0 saturated carbocycles. The van der Waals surface area contributed by atoms with Crippen LogP contribution in [0.4, 0.5) is 23.8 Å². The number of aryl methyl sites for hydroxylation is 1. The molecule has 2 aromatic rings. The Morgan fingerprint density at radius 3 is 2.58 bits per heavy atom. The van der Waals surface area contributed by atoms with E-state index in [-0.39, 0.29) is 17.6 Å². The van der Waals surface area contributed by atoms with Gasteiger partial charge >= 0.3 is 6.09 Å². The second-order valence-corrected chi connectivity index (χ2v) is 9.11. The van der Waals surface area contributed by atoms with Crippen molar-refractivity contribution in [3.63, 3.8) is 0 Å². The number of amides is 1. The van der Waals surface area contributed by atoms with E-state index in [0.717, 1.165) is 6.07 Å². The van der Waals surface area contributed by atoms with Gasteiger partial charge in [0.05, 0.1) is 24.4 Å². The van der Waals surface area contributed by atoms with Crippen LogP contribution in [0, 0.1) is 18.7 Å². The largest absolute Gasteiger partial charge is 0.488 e. The van der Waals surface area contributed by atoms with Gasteiger partial charge in [-0.1, -0.05) is 18.2 Å². The van der Waals surface area contributed by atoms with E-state index in [4.69, 9.17) is 9.47 Å². The lowest BCUT2D eigenvalue weighted by Gasteiger charge is -2.39. The van der Waals surface area contributed by atoms with Crippen molar-refractivity contribution in [1.29, 1.82) is 0 Å². The predicted molar refractivity (Wildman–Crippen MR) is 117 cm³/mol. The summed E-state index contributed by atoms with van der Waals surface area (Å²) in [6.45, 7) is 10.1. The molecule has 1 aliphatic heterocycles. The highest BCUT2D eigenvalue weighted by Crippen LogP contribution is 2.31. The maximum Gasteiger partial charge on any atom is 0.410 e. The number of alkyl halides is 2. The third kappa shape index (κ3) is 6.27. The lowest BCUT2D eigenvalue weighted by atomic mass is 10.0. The maximum atomic E-state index is 14.5. The summed E-state index contributed by atoms with van der Waals surface area (Å²) in [7, 11) is 0. The molecule has 1 saturated heterocycles. The van der Waals surface area contributed by atoms with Crippen molar-refractivity contribution in [2.45, 2.75) is 52.7 Å². The van der Waals surface area contributed by atoms with Gasteiger partial charge in [-0.25, -0.2) is 27.9 Å². The van der Waals surface area contributed by atoms with E-state index >= 15 is 0 Å². The Balaban J connectivity index is 1.63. The summed E-state index contributed by atoms with van der Waals surface area (Å²) < 4.78 is 51.9. The molecule has 1 atom stereocenters. The molecule has 3 rings (SSSR count). The van der Waals surface area contributed by atoms with Gasteiger partial charge in [0.25, 0.3) is 6.43 Å². The molecule has 33 heavy (non-hydrogen) atoms. The minimum Gasteiger partial charge on any atom is -0.488 e. The molecule has 1 aromatic heterocycles. The zero-order valence-electron chi connectivity index (χ0n) is 19.4. The van der Waals surface area contributed by atoms with Crippen LogP contribution in [-0.2, 0) is 4.74 Å². The Morgan fingerprint density at radius 2 is 1.94 bits per heavy atom. The zero-order valence-corrected chi connectivity index (χ0v) is 19.4. The van der Waals surface area contributed by atoms with Crippen molar-refractivity contribution in [1.82, 2.24) is 14.9 Å². The van der Waals surface area contributed by atoms with Crippen molar-refractivity contribution in [2.75, 3.05) is 25.0 Å². The van der Waals surface area contributed by atoms with Crippen LogP contribution in [0.3, 0.4) is 0 Å². The number of benzene rings is 1. The third-order valence-corrected chi connectivity index (χ3v) is 5.07. The standard InChI is InChI=1S/C23H29F3N4O3/c1-13(16-7-6-8-17(19(16)24)20(25)26)28-21-18(9-27-14(2)29-21)32-12-15-10-30(11-15)22(31)33-23(3,4)5/h6-9,13,15,20H,10-12H2,1-5H3,(H,27,28,29)/t13-/m1/s1. The van der Waals surface area contributed by atoms with Crippen LogP contribution in [0.2, 0.25) is 0 Å². The molecule has 0 unspecified atom stereocenters. The molecule has 1 amide bonds. The number of hydrogen-bond donors (Lipinski definition) is 1. The van der Waals surface area contributed by atoms with Crippen molar-refractivity contribution in [3.05, 3.63) is 47.2 Å². The fourth-order valence-electron chi connectivity index (χ4n) is 3.38. The summed E-state index contributed by atoms with van der Waals surface area (Å²) >= 11 is 0. The van der Waals surface area contributed by atoms with Gasteiger partial charge in [-0.15, -0.1) is 0 Å². The van der Waals surface area contributed by atoms with Crippen LogP contribution >= 0.6 is 0 Å². The van der Waals surface area contributed by atoms with E-state index < -0.39 is 29.4 Å². The van der Waals surface area contributed by atoms with Crippen molar-refractivity contribution in [3.8, 4) is 5.75 Å². The van der Waals surface area contributed by atoms with E-state index in [2.05, 4.69) is 15.3 Å². The van der Waals surface area contributed by atoms with Gasteiger partial charge in [0.15, 0.2) is 11.6 Å². The lowest BCUT2D eigenvalue weighted by molar-refractivity contribution is -0.00783. The molecular weight excluding hydrogens is 437 g/mol. The Bertz CT molecular complexity index is 991. The van der Waals surface area contributed by atoms with Gasteiger partial charge in [0, 0.05) is 24.6 Å². The molecule has 7 nitrogen and oxygen atoms in total. The van der Waals surface area contributed by atoms with Gasteiger partial charge in [-0.05, 0) is 34.6 Å². The Labute approximate surface area is 191 Å². The molecule has 10 heteroatoms. The summed E-state index contributed by atoms with van der Waals surface area (Å²) in [4.78, 5) is 22.1. The van der Waals surface area contributed by atoms with Crippen molar-refractivity contribution >= 4 is 11.9 Å². The molecule has 0 aliphatic carbocycles. The Hall–Kier alpha value is -3.04. The second-order valence-electron chi connectivity index (χ2n) is 9.11. The quantitative estimate of drug-likeness (QED) is 0.598. The molecule has 1 fully saturated rings. The summed E-state index contributed by atoms with van der Waals surface area (Å²) in [5.41, 5.74) is -1.10. The van der Waals surface area contributed by atoms with E-state index in [1.54, 1.807) is 18.7 Å². The molecule has 2 heterocycles. The molecule has 180 valence electrons. The highest BCUT2D eigenvalue weighted by atomic mass is 19.3. The van der Waals surface area contributed by atoms with Gasteiger partial charge in [0.2, 0.25) is 0 Å². The Kier molecular flexibility index (Phi) is 7.34. The number of halogens is 3.